The first kappa shape index (κ1) is 17.7. The average molecular weight is 336 g/mol. The van der Waals surface area contributed by atoms with Crippen LogP contribution >= 0.6 is 0 Å². The van der Waals surface area contributed by atoms with Crippen LogP contribution in [0.3, 0.4) is 0 Å². The van der Waals surface area contributed by atoms with Gasteiger partial charge in [0.25, 0.3) is 5.91 Å². The molecular weight excluding hydrogens is 308 g/mol. The van der Waals surface area contributed by atoms with E-state index in [9.17, 15) is 4.79 Å². The number of nitrogens with one attached hydrogen (secondary N) is 1. The summed E-state index contributed by atoms with van der Waals surface area (Å²) in [6, 6.07) is 18.4. The van der Waals surface area contributed by atoms with Gasteiger partial charge in [-0.15, -0.1) is 0 Å². The van der Waals surface area contributed by atoms with E-state index in [-0.39, 0.29) is 5.91 Å². The van der Waals surface area contributed by atoms with Crippen LogP contribution in [0.1, 0.15) is 47.2 Å². The predicted octanol–water partition coefficient (Wildman–Crippen LogP) is 3.88. The van der Waals surface area contributed by atoms with Gasteiger partial charge in [-0.3, -0.25) is 4.79 Å². The number of carbonyl (C=O) groups excluding carboxylic acids is 1. The van der Waals surface area contributed by atoms with E-state index in [1.807, 2.05) is 18.2 Å². The van der Waals surface area contributed by atoms with Crippen molar-refractivity contribution in [3.05, 3.63) is 71.3 Å². The number of nitrogens with zero attached hydrogens (tertiary/aromatic N) is 1. The molecular formula is C22H28N2O. The molecule has 1 aliphatic rings. The molecule has 0 unspecified atom stereocenters. The van der Waals surface area contributed by atoms with Gasteiger partial charge in [-0.05, 0) is 68.6 Å². The van der Waals surface area contributed by atoms with E-state index in [0.29, 0.717) is 0 Å². The van der Waals surface area contributed by atoms with Crippen LogP contribution in [-0.2, 0) is 6.42 Å². The van der Waals surface area contributed by atoms with Gasteiger partial charge in [0.1, 0.15) is 0 Å². The van der Waals surface area contributed by atoms with Crippen LogP contribution in [0, 0.1) is 0 Å². The zero-order valence-corrected chi connectivity index (χ0v) is 14.9. The minimum Gasteiger partial charge on any atom is -0.352 e. The standard InChI is InChI=1S/C22H28N2O/c25-22(23-14-7-17-24-15-5-2-6-16-24)21-12-10-20(11-13-21)18-19-8-3-1-4-9-19/h1,3-4,8-13H,2,5-7,14-18H2,(H,23,25). The number of benzene rings is 2. The minimum atomic E-state index is 0.0323. The lowest BCUT2D eigenvalue weighted by atomic mass is 10.0. The highest BCUT2D eigenvalue weighted by Crippen LogP contribution is 2.11. The largest absolute Gasteiger partial charge is 0.352 e. The van der Waals surface area contributed by atoms with E-state index < -0.39 is 0 Å². The van der Waals surface area contributed by atoms with Gasteiger partial charge in [-0.2, -0.15) is 0 Å². The summed E-state index contributed by atoms with van der Waals surface area (Å²) in [7, 11) is 0. The molecule has 1 amide bonds. The van der Waals surface area contributed by atoms with E-state index in [2.05, 4.69) is 46.6 Å². The molecule has 1 saturated heterocycles. The molecule has 1 fully saturated rings. The summed E-state index contributed by atoms with van der Waals surface area (Å²) in [6.07, 6.45) is 5.94. The lowest BCUT2D eigenvalue weighted by Crippen LogP contribution is -2.33. The molecule has 3 heteroatoms. The van der Waals surface area contributed by atoms with E-state index in [1.54, 1.807) is 0 Å². The third-order valence-corrected chi connectivity index (χ3v) is 4.85. The van der Waals surface area contributed by atoms with E-state index in [0.717, 1.165) is 31.5 Å². The molecule has 3 nitrogen and oxygen atoms in total. The monoisotopic (exact) mass is 336 g/mol. The highest BCUT2D eigenvalue weighted by Gasteiger charge is 2.10. The van der Waals surface area contributed by atoms with Crippen LogP contribution in [0.15, 0.2) is 54.6 Å². The molecule has 2 aromatic rings. The number of rotatable bonds is 7. The number of likely N-dealkylation sites (tertiary alicyclic amines) is 1. The summed E-state index contributed by atoms with van der Waals surface area (Å²) in [5.41, 5.74) is 3.26. The van der Waals surface area contributed by atoms with Gasteiger partial charge < -0.3 is 10.2 Å². The molecule has 25 heavy (non-hydrogen) atoms. The second-order valence-corrected chi connectivity index (χ2v) is 6.87. The summed E-state index contributed by atoms with van der Waals surface area (Å²) >= 11 is 0. The summed E-state index contributed by atoms with van der Waals surface area (Å²) in [6.45, 7) is 4.28. The maximum absolute atomic E-state index is 12.2. The van der Waals surface area contributed by atoms with Gasteiger partial charge in [0.05, 0.1) is 0 Å². The molecule has 0 radical (unpaired) electrons. The maximum Gasteiger partial charge on any atom is 0.251 e. The van der Waals surface area contributed by atoms with Crippen molar-refractivity contribution >= 4 is 5.91 Å². The van der Waals surface area contributed by atoms with Gasteiger partial charge in [0.15, 0.2) is 0 Å². The first-order chi connectivity index (χ1) is 12.3. The molecule has 1 heterocycles. The fraction of sp³-hybridized carbons (Fsp3) is 0.409. The predicted molar refractivity (Wildman–Crippen MR) is 103 cm³/mol. The molecule has 0 aromatic heterocycles. The molecule has 0 spiro atoms. The second kappa shape index (κ2) is 9.38. The van der Waals surface area contributed by atoms with Crippen molar-refractivity contribution in [2.24, 2.45) is 0 Å². The fourth-order valence-electron chi connectivity index (χ4n) is 3.40. The van der Waals surface area contributed by atoms with Crippen LogP contribution < -0.4 is 5.32 Å². The van der Waals surface area contributed by atoms with E-state index >= 15 is 0 Å². The number of carbonyl (C=O) groups is 1. The normalized spacial score (nSPS) is 15.0. The Labute approximate surface area is 151 Å². The van der Waals surface area contributed by atoms with Crippen molar-refractivity contribution in [3.8, 4) is 0 Å². The van der Waals surface area contributed by atoms with Gasteiger partial charge in [-0.25, -0.2) is 0 Å². The van der Waals surface area contributed by atoms with Crippen LogP contribution in [0.4, 0.5) is 0 Å². The smallest absolute Gasteiger partial charge is 0.251 e. The molecule has 0 atom stereocenters. The van der Waals surface area contributed by atoms with Gasteiger partial charge in [0, 0.05) is 12.1 Å². The Hall–Kier alpha value is -2.13. The third kappa shape index (κ3) is 5.71. The Morgan fingerprint density at radius 3 is 2.28 bits per heavy atom. The maximum atomic E-state index is 12.2. The summed E-state index contributed by atoms with van der Waals surface area (Å²) < 4.78 is 0. The lowest BCUT2D eigenvalue weighted by Gasteiger charge is -2.26. The highest BCUT2D eigenvalue weighted by molar-refractivity contribution is 5.94. The average Bonchev–Trinajstić information content (AvgIpc) is 2.67. The van der Waals surface area contributed by atoms with Crippen LogP contribution in [0.2, 0.25) is 0 Å². The fourth-order valence-corrected chi connectivity index (χ4v) is 3.40. The Bertz CT molecular complexity index is 645. The molecule has 2 aromatic carbocycles. The Balaban J connectivity index is 1.41. The molecule has 132 valence electrons. The molecule has 1 aliphatic heterocycles. The zero-order valence-electron chi connectivity index (χ0n) is 14.9. The summed E-state index contributed by atoms with van der Waals surface area (Å²) in [4.78, 5) is 14.7. The number of piperidine rings is 1. The molecule has 1 N–H and O–H groups in total. The highest BCUT2D eigenvalue weighted by atomic mass is 16.1. The summed E-state index contributed by atoms with van der Waals surface area (Å²) in [5, 5.41) is 3.04. The van der Waals surface area contributed by atoms with Crippen LogP contribution in [0.25, 0.3) is 0 Å². The second-order valence-electron chi connectivity index (χ2n) is 6.87. The van der Waals surface area contributed by atoms with E-state index in [4.69, 9.17) is 0 Å². The number of hydrogen-bond donors (Lipinski definition) is 1. The minimum absolute atomic E-state index is 0.0323. The quantitative estimate of drug-likeness (QED) is 0.778. The van der Waals surface area contributed by atoms with Gasteiger partial charge in [-0.1, -0.05) is 48.9 Å². The van der Waals surface area contributed by atoms with Crippen molar-refractivity contribution in [1.29, 1.82) is 0 Å². The lowest BCUT2D eigenvalue weighted by molar-refractivity contribution is 0.0951. The van der Waals surface area contributed by atoms with Gasteiger partial charge >= 0.3 is 0 Å². The Kier molecular flexibility index (Phi) is 6.63. The first-order valence-corrected chi connectivity index (χ1v) is 9.45. The zero-order chi connectivity index (χ0) is 17.3. The van der Waals surface area contributed by atoms with Crippen molar-refractivity contribution in [2.45, 2.75) is 32.1 Å². The number of hydrogen-bond acceptors (Lipinski definition) is 2. The van der Waals surface area contributed by atoms with Crippen molar-refractivity contribution < 1.29 is 4.79 Å². The molecule has 3 rings (SSSR count). The van der Waals surface area contributed by atoms with Crippen molar-refractivity contribution in [2.75, 3.05) is 26.2 Å². The van der Waals surface area contributed by atoms with Crippen molar-refractivity contribution in [3.63, 3.8) is 0 Å². The van der Waals surface area contributed by atoms with E-state index in [1.165, 1.54) is 43.5 Å². The first-order valence-electron chi connectivity index (χ1n) is 9.45. The summed E-state index contributed by atoms with van der Waals surface area (Å²) in [5.74, 6) is 0.0323. The SMILES string of the molecule is O=C(NCCCN1CCCCC1)c1ccc(Cc2ccccc2)cc1. The molecule has 0 bridgehead atoms. The van der Waals surface area contributed by atoms with Crippen molar-refractivity contribution in [1.82, 2.24) is 10.2 Å². The Morgan fingerprint density at radius 2 is 1.56 bits per heavy atom. The van der Waals surface area contributed by atoms with Crippen LogP contribution in [0.5, 0.6) is 0 Å². The number of amides is 1. The van der Waals surface area contributed by atoms with Crippen LogP contribution in [-0.4, -0.2) is 37.0 Å². The Morgan fingerprint density at radius 1 is 0.880 bits per heavy atom. The topological polar surface area (TPSA) is 32.3 Å². The molecule has 0 aliphatic carbocycles. The molecule has 0 saturated carbocycles. The third-order valence-electron chi connectivity index (χ3n) is 4.85. The van der Waals surface area contributed by atoms with Gasteiger partial charge in [0.2, 0.25) is 0 Å².